The van der Waals surface area contributed by atoms with Gasteiger partial charge in [0, 0.05) is 0 Å². The SMILES string of the molecule is N#Cc1cccc(C=CCc2ccccc2CO)c1. The highest BCUT2D eigenvalue weighted by atomic mass is 16.3. The summed E-state index contributed by atoms with van der Waals surface area (Å²) in [6.07, 6.45) is 4.81. The van der Waals surface area contributed by atoms with E-state index in [1.165, 1.54) is 0 Å². The Hall–Kier alpha value is -2.37. The van der Waals surface area contributed by atoms with Gasteiger partial charge in [-0.05, 0) is 35.2 Å². The second-order valence-corrected chi connectivity index (χ2v) is 4.27. The zero-order valence-corrected chi connectivity index (χ0v) is 10.6. The molecule has 94 valence electrons. The molecular weight excluding hydrogens is 234 g/mol. The van der Waals surface area contributed by atoms with Crippen LogP contribution in [0.5, 0.6) is 0 Å². The summed E-state index contributed by atoms with van der Waals surface area (Å²) in [4.78, 5) is 0. The maximum Gasteiger partial charge on any atom is 0.0991 e. The van der Waals surface area contributed by atoms with Gasteiger partial charge in [0.1, 0.15) is 0 Å². The summed E-state index contributed by atoms with van der Waals surface area (Å²) in [7, 11) is 0. The molecule has 0 atom stereocenters. The fourth-order valence-electron chi connectivity index (χ4n) is 1.94. The van der Waals surface area contributed by atoms with E-state index in [0.717, 1.165) is 23.1 Å². The van der Waals surface area contributed by atoms with Gasteiger partial charge in [-0.2, -0.15) is 5.26 Å². The Morgan fingerprint density at radius 2 is 1.84 bits per heavy atom. The molecule has 0 bridgehead atoms. The molecule has 0 spiro atoms. The highest BCUT2D eigenvalue weighted by molar-refractivity contribution is 5.52. The van der Waals surface area contributed by atoms with Crippen LogP contribution in [0.3, 0.4) is 0 Å². The summed E-state index contributed by atoms with van der Waals surface area (Å²) in [5, 5.41) is 18.1. The Bertz CT molecular complexity index is 623. The summed E-state index contributed by atoms with van der Waals surface area (Å²) < 4.78 is 0. The highest BCUT2D eigenvalue weighted by Crippen LogP contribution is 2.12. The van der Waals surface area contributed by atoms with Crippen molar-refractivity contribution in [3.8, 4) is 6.07 Å². The van der Waals surface area contributed by atoms with Gasteiger partial charge in [-0.1, -0.05) is 48.6 Å². The van der Waals surface area contributed by atoms with Crippen LogP contribution < -0.4 is 0 Å². The molecule has 2 heteroatoms. The molecule has 0 fully saturated rings. The predicted octanol–water partition coefficient (Wildman–Crippen LogP) is 3.31. The molecule has 19 heavy (non-hydrogen) atoms. The van der Waals surface area contributed by atoms with E-state index >= 15 is 0 Å². The lowest BCUT2D eigenvalue weighted by atomic mass is 10.0. The predicted molar refractivity (Wildman–Crippen MR) is 76.3 cm³/mol. The van der Waals surface area contributed by atoms with Gasteiger partial charge in [0.05, 0.1) is 18.2 Å². The van der Waals surface area contributed by atoms with Gasteiger partial charge in [-0.25, -0.2) is 0 Å². The topological polar surface area (TPSA) is 44.0 Å². The van der Waals surface area contributed by atoms with E-state index in [0.29, 0.717) is 5.56 Å². The number of hydrogen-bond acceptors (Lipinski definition) is 2. The van der Waals surface area contributed by atoms with Crippen molar-refractivity contribution in [1.82, 2.24) is 0 Å². The van der Waals surface area contributed by atoms with Crippen molar-refractivity contribution in [2.24, 2.45) is 0 Å². The van der Waals surface area contributed by atoms with E-state index in [2.05, 4.69) is 6.07 Å². The lowest BCUT2D eigenvalue weighted by molar-refractivity contribution is 0.281. The van der Waals surface area contributed by atoms with Crippen molar-refractivity contribution in [2.75, 3.05) is 0 Å². The molecule has 1 N–H and O–H groups in total. The summed E-state index contributed by atoms with van der Waals surface area (Å²) in [6.45, 7) is 0.0634. The standard InChI is InChI=1S/C17H15NO/c18-12-15-7-3-5-14(11-15)6-4-10-16-8-1-2-9-17(16)13-19/h1-9,11,19H,10,13H2. The fourth-order valence-corrected chi connectivity index (χ4v) is 1.94. The van der Waals surface area contributed by atoms with Crippen LogP contribution in [0.15, 0.2) is 54.6 Å². The molecular formula is C17H15NO. The molecule has 0 radical (unpaired) electrons. The lowest BCUT2D eigenvalue weighted by Crippen LogP contribution is -1.91. The van der Waals surface area contributed by atoms with E-state index in [1.54, 1.807) is 6.07 Å². The molecule has 2 aromatic carbocycles. The normalized spacial score (nSPS) is 10.5. The summed E-state index contributed by atoms with van der Waals surface area (Å²) in [5.41, 5.74) is 3.76. The molecule has 2 nitrogen and oxygen atoms in total. The second-order valence-electron chi connectivity index (χ2n) is 4.27. The van der Waals surface area contributed by atoms with Crippen LogP contribution in [-0.2, 0) is 13.0 Å². The Balaban J connectivity index is 2.09. The third-order valence-electron chi connectivity index (χ3n) is 2.95. The molecule has 0 amide bonds. The molecule has 0 aliphatic carbocycles. The molecule has 0 heterocycles. The monoisotopic (exact) mass is 249 g/mol. The van der Waals surface area contributed by atoms with Gasteiger partial charge in [-0.3, -0.25) is 0 Å². The molecule has 0 unspecified atom stereocenters. The zero-order valence-electron chi connectivity index (χ0n) is 10.6. The van der Waals surface area contributed by atoms with Crippen LogP contribution in [0.25, 0.3) is 6.08 Å². The molecule has 0 aliphatic heterocycles. The number of rotatable bonds is 4. The van der Waals surface area contributed by atoms with E-state index in [-0.39, 0.29) is 6.61 Å². The molecule has 0 aliphatic rings. The number of benzene rings is 2. The van der Waals surface area contributed by atoms with Crippen molar-refractivity contribution >= 4 is 6.08 Å². The van der Waals surface area contributed by atoms with Gasteiger partial charge in [0.2, 0.25) is 0 Å². The molecule has 2 rings (SSSR count). The number of aliphatic hydroxyl groups excluding tert-OH is 1. The number of aliphatic hydroxyl groups is 1. The van der Waals surface area contributed by atoms with Gasteiger partial charge in [-0.15, -0.1) is 0 Å². The average Bonchev–Trinajstić information content (AvgIpc) is 2.48. The van der Waals surface area contributed by atoms with E-state index in [4.69, 9.17) is 5.26 Å². The van der Waals surface area contributed by atoms with E-state index < -0.39 is 0 Å². The first-order valence-electron chi connectivity index (χ1n) is 6.18. The molecule has 2 aromatic rings. The van der Waals surface area contributed by atoms with Crippen LogP contribution >= 0.6 is 0 Å². The van der Waals surface area contributed by atoms with Crippen LogP contribution in [0.4, 0.5) is 0 Å². The van der Waals surface area contributed by atoms with Crippen molar-refractivity contribution in [3.63, 3.8) is 0 Å². The Kier molecular flexibility index (Phi) is 4.49. The van der Waals surface area contributed by atoms with Crippen LogP contribution in [0, 0.1) is 11.3 Å². The largest absolute Gasteiger partial charge is 0.392 e. The third kappa shape index (κ3) is 3.54. The number of nitrogens with zero attached hydrogens (tertiary/aromatic N) is 1. The molecule has 0 saturated heterocycles. The molecule has 0 aromatic heterocycles. The van der Waals surface area contributed by atoms with Crippen LogP contribution in [-0.4, -0.2) is 5.11 Å². The lowest BCUT2D eigenvalue weighted by Gasteiger charge is -2.03. The first-order chi connectivity index (χ1) is 9.33. The van der Waals surface area contributed by atoms with Gasteiger partial charge in [0.15, 0.2) is 0 Å². The van der Waals surface area contributed by atoms with Gasteiger partial charge < -0.3 is 5.11 Å². The Labute approximate surface area is 113 Å². The summed E-state index contributed by atoms with van der Waals surface area (Å²) >= 11 is 0. The zero-order chi connectivity index (χ0) is 13.5. The highest BCUT2D eigenvalue weighted by Gasteiger charge is 1.97. The Morgan fingerprint density at radius 1 is 1.05 bits per heavy atom. The van der Waals surface area contributed by atoms with Gasteiger partial charge >= 0.3 is 0 Å². The number of hydrogen-bond donors (Lipinski definition) is 1. The first-order valence-corrected chi connectivity index (χ1v) is 6.18. The van der Waals surface area contributed by atoms with E-state index in [1.807, 2.05) is 54.6 Å². The van der Waals surface area contributed by atoms with Gasteiger partial charge in [0.25, 0.3) is 0 Å². The van der Waals surface area contributed by atoms with E-state index in [9.17, 15) is 5.11 Å². The van der Waals surface area contributed by atoms with Crippen molar-refractivity contribution in [2.45, 2.75) is 13.0 Å². The minimum Gasteiger partial charge on any atom is -0.392 e. The Morgan fingerprint density at radius 3 is 2.58 bits per heavy atom. The van der Waals surface area contributed by atoms with Crippen LogP contribution in [0.2, 0.25) is 0 Å². The average molecular weight is 249 g/mol. The summed E-state index contributed by atoms with van der Waals surface area (Å²) in [5.74, 6) is 0. The fraction of sp³-hybridized carbons (Fsp3) is 0.118. The maximum absolute atomic E-state index is 9.24. The third-order valence-corrected chi connectivity index (χ3v) is 2.95. The minimum atomic E-state index is 0.0634. The second kappa shape index (κ2) is 6.53. The first kappa shape index (κ1) is 13.1. The number of allylic oxidation sites excluding steroid dienone is 1. The van der Waals surface area contributed by atoms with Crippen molar-refractivity contribution in [1.29, 1.82) is 5.26 Å². The van der Waals surface area contributed by atoms with Crippen LogP contribution in [0.1, 0.15) is 22.3 Å². The van der Waals surface area contributed by atoms with Crippen molar-refractivity contribution in [3.05, 3.63) is 76.9 Å². The quantitative estimate of drug-likeness (QED) is 0.903. The smallest absolute Gasteiger partial charge is 0.0991 e. The maximum atomic E-state index is 9.24. The summed E-state index contributed by atoms with van der Waals surface area (Å²) in [6, 6.07) is 17.5. The number of nitriles is 1. The molecule has 0 saturated carbocycles. The minimum absolute atomic E-state index is 0.0634. The van der Waals surface area contributed by atoms with Crippen molar-refractivity contribution < 1.29 is 5.11 Å².